The Morgan fingerprint density at radius 2 is 2.00 bits per heavy atom. The van der Waals surface area contributed by atoms with Gasteiger partial charge in [0.25, 0.3) is 0 Å². The second kappa shape index (κ2) is 5.88. The standard InChI is InChI=1S/C19H21N3O/c1-13-17(15-8-4-5-9-16(15)22-13)19(2,3)18(23)21-12-14-7-6-10-20-11-14/h4-11,22H,12H2,1-3H3,(H,21,23). The fourth-order valence-electron chi connectivity index (χ4n) is 3.10. The number of aromatic nitrogens is 2. The van der Waals surface area contributed by atoms with Crippen LogP contribution in [0.1, 0.15) is 30.7 Å². The Hall–Kier alpha value is -2.62. The summed E-state index contributed by atoms with van der Waals surface area (Å²) in [5.74, 6) is 0.00852. The monoisotopic (exact) mass is 307 g/mol. The SMILES string of the molecule is Cc1[nH]c2ccccc2c1C(C)(C)C(=O)NCc1cccnc1. The van der Waals surface area contributed by atoms with Crippen LogP contribution in [0.15, 0.2) is 48.8 Å². The third-order valence-electron chi connectivity index (χ3n) is 4.26. The van der Waals surface area contributed by atoms with Crippen LogP contribution in [0.5, 0.6) is 0 Å². The molecule has 0 aliphatic heterocycles. The van der Waals surface area contributed by atoms with Crippen molar-refractivity contribution in [3.8, 4) is 0 Å². The molecular formula is C19H21N3O. The number of amides is 1. The number of aryl methyl sites for hydroxylation is 1. The highest BCUT2D eigenvalue weighted by molar-refractivity contribution is 5.95. The van der Waals surface area contributed by atoms with Crippen molar-refractivity contribution < 1.29 is 4.79 Å². The quantitative estimate of drug-likeness (QED) is 0.775. The van der Waals surface area contributed by atoms with E-state index in [2.05, 4.69) is 21.4 Å². The van der Waals surface area contributed by atoms with Gasteiger partial charge in [-0.3, -0.25) is 9.78 Å². The zero-order chi connectivity index (χ0) is 16.4. The minimum Gasteiger partial charge on any atom is -0.358 e. The van der Waals surface area contributed by atoms with Crippen LogP contribution in [-0.2, 0) is 16.8 Å². The molecule has 4 heteroatoms. The zero-order valence-corrected chi connectivity index (χ0v) is 13.7. The Morgan fingerprint density at radius 3 is 2.74 bits per heavy atom. The highest BCUT2D eigenvalue weighted by Gasteiger charge is 2.33. The molecule has 0 spiro atoms. The van der Waals surface area contributed by atoms with E-state index >= 15 is 0 Å². The van der Waals surface area contributed by atoms with Gasteiger partial charge in [0, 0.05) is 35.5 Å². The second-order valence-corrected chi connectivity index (χ2v) is 6.34. The molecule has 118 valence electrons. The second-order valence-electron chi connectivity index (χ2n) is 6.34. The summed E-state index contributed by atoms with van der Waals surface area (Å²) in [5.41, 5.74) is 3.52. The van der Waals surface area contributed by atoms with Crippen LogP contribution >= 0.6 is 0 Å². The highest BCUT2D eigenvalue weighted by Crippen LogP contribution is 2.33. The van der Waals surface area contributed by atoms with Gasteiger partial charge >= 0.3 is 0 Å². The maximum Gasteiger partial charge on any atom is 0.230 e. The molecule has 0 aliphatic carbocycles. The van der Waals surface area contributed by atoms with Crippen molar-refractivity contribution in [2.45, 2.75) is 32.7 Å². The Kier molecular flexibility index (Phi) is 3.90. The number of fused-ring (bicyclic) bond motifs is 1. The van der Waals surface area contributed by atoms with Gasteiger partial charge in [-0.25, -0.2) is 0 Å². The molecule has 1 amide bonds. The molecule has 0 radical (unpaired) electrons. The molecule has 0 saturated heterocycles. The van der Waals surface area contributed by atoms with Crippen LogP contribution in [0, 0.1) is 6.92 Å². The lowest BCUT2D eigenvalue weighted by molar-refractivity contribution is -0.125. The van der Waals surface area contributed by atoms with Gasteiger partial charge in [0.05, 0.1) is 5.41 Å². The highest BCUT2D eigenvalue weighted by atomic mass is 16.2. The molecule has 2 N–H and O–H groups in total. The van der Waals surface area contributed by atoms with Crippen molar-refractivity contribution in [2.24, 2.45) is 0 Å². The van der Waals surface area contributed by atoms with Gasteiger partial charge < -0.3 is 10.3 Å². The Morgan fingerprint density at radius 1 is 1.22 bits per heavy atom. The topological polar surface area (TPSA) is 57.8 Å². The van der Waals surface area contributed by atoms with E-state index in [1.807, 2.05) is 51.1 Å². The van der Waals surface area contributed by atoms with Crippen molar-refractivity contribution >= 4 is 16.8 Å². The predicted molar refractivity (Wildman–Crippen MR) is 92.1 cm³/mol. The first-order valence-corrected chi connectivity index (χ1v) is 7.75. The van der Waals surface area contributed by atoms with Crippen LogP contribution in [0.4, 0.5) is 0 Å². The van der Waals surface area contributed by atoms with E-state index in [1.54, 1.807) is 12.4 Å². The smallest absolute Gasteiger partial charge is 0.230 e. The normalized spacial score (nSPS) is 11.6. The lowest BCUT2D eigenvalue weighted by Crippen LogP contribution is -2.40. The Balaban J connectivity index is 1.87. The maximum atomic E-state index is 12.8. The van der Waals surface area contributed by atoms with Crippen LogP contribution < -0.4 is 5.32 Å². The molecule has 2 aromatic heterocycles. The predicted octanol–water partition coefficient (Wildman–Crippen LogP) is 3.47. The van der Waals surface area contributed by atoms with Crippen molar-refractivity contribution in [1.82, 2.24) is 15.3 Å². The molecule has 0 aliphatic rings. The number of H-pyrrole nitrogens is 1. The number of nitrogens with zero attached hydrogens (tertiary/aromatic N) is 1. The number of aromatic amines is 1. The molecule has 3 rings (SSSR count). The Labute approximate surface area is 136 Å². The number of hydrogen-bond acceptors (Lipinski definition) is 2. The van der Waals surface area contributed by atoms with E-state index in [0.29, 0.717) is 6.54 Å². The van der Waals surface area contributed by atoms with Crippen LogP contribution in [0.25, 0.3) is 10.9 Å². The third kappa shape index (κ3) is 2.84. The van der Waals surface area contributed by atoms with Gasteiger partial charge in [0.2, 0.25) is 5.91 Å². The summed E-state index contributed by atoms with van der Waals surface area (Å²) < 4.78 is 0. The molecule has 3 aromatic rings. The van der Waals surface area contributed by atoms with Crippen molar-refractivity contribution in [3.05, 3.63) is 65.6 Å². The summed E-state index contributed by atoms with van der Waals surface area (Å²) in [4.78, 5) is 20.2. The number of carbonyl (C=O) groups excluding carboxylic acids is 1. The summed E-state index contributed by atoms with van der Waals surface area (Å²) in [5, 5.41) is 4.13. The lowest BCUT2D eigenvalue weighted by Gasteiger charge is -2.24. The van der Waals surface area contributed by atoms with Crippen molar-refractivity contribution in [1.29, 1.82) is 0 Å². The van der Waals surface area contributed by atoms with Gasteiger partial charge in [-0.2, -0.15) is 0 Å². The molecule has 2 heterocycles. The number of para-hydroxylation sites is 1. The van der Waals surface area contributed by atoms with E-state index in [4.69, 9.17) is 0 Å². The summed E-state index contributed by atoms with van der Waals surface area (Å²) in [6.45, 7) is 6.44. The first-order valence-electron chi connectivity index (χ1n) is 7.75. The van der Waals surface area contributed by atoms with Crippen LogP contribution in [-0.4, -0.2) is 15.9 Å². The minimum atomic E-state index is -0.619. The number of benzene rings is 1. The summed E-state index contributed by atoms with van der Waals surface area (Å²) >= 11 is 0. The molecule has 0 saturated carbocycles. The minimum absolute atomic E-state index is 0.00852. The number of hydrogen-bond donors (Lipinski definition) is 2. The van der Waals surface area contributed by atoms with E-state index in [9.17, 15) is 4.79 Å². The lowest BCUT2D eigenvalue weighted by atomic mass is 9.81. The summed E-state index contributed by atoms with van der Waals surface area (Å²) in [6.07, 6.45) is 3.49. The fourth-order valence-corrected chi connectivity index (χ4v) is 3.10. The number of nitrogens with one attached hydrogen (secondary N) is 2. The maximum absolute atomic E-state index is 12.8. The molecule has 0 fully saturated rings. The van der Waals surface area contributed by atoms with Gasteiger partial charge in [0.1, 0.15) is 0 Å². The van der Waals surface area contributed by atoms with Crippen molar-refractivity contribution in [3.63, 3.8) is 0 Å². The van der Waals surface area contributed by atoms with E-state index in [1.165, 1.54) is 0 Å². The number of rotatable bonds is 4. The molecule has 0 bridgehead atoms. The summed E-state index contributed by atoms with van der Waals surface area (Å²) in [6, 6.07) is 11.9. The largest absolute Gasteiger partial charge is 0.358 e. The first-order chi connectivity index (χ1) is 11.0. The average molecular weight is 307 g/mol. The molecule has 4 nitrogen and oxygen atoms in total. The van der Waals surface area contributed by atoms with Crippen LogP contribution in [0.3, 0.4) is 0 Å². The van der Waals surface area contributed by atoms with Crippen molar-refractivity contribution in [2.75, 3.05) is 0 Å². The molecule has 23 heavy (non-hydrogen) atoms. The van der Waals surface area contributed by atoms with Gasteiger partial charge in [-0.15, -0.1) is 0 Å². The van der Waals surface area contributed by atoms with Gasteiger partial charge in [0.15, 0.2) is 0 Å². The van der Waals surface area contributed by atoms with E-state index < -0.39 is 5.41 Å². The molecule has 0 atom stereocenters. The van der Waals surface area contributed by atoms with Crippen LogP contribution in [0.2, 0.25) is 0 Å². The van der Waals surface area contributed by atoms with Gasteiger partial charge in [-0.1, -0.05) is 24.3 Å². The number of carbonyl (C=O) groups is 1. The third-order valence-corrected chi connectivity index (χ3v) is 4.26. The van der Waals surface area contributed by atoms with E-state index in [-0.39, 0.29) is 5.91 Å². The number of pyridine rings is 1. The fraction of sp³-hybridized carbons (Fsp3) is 0.263. The molecule has 0 unspecified atom stereocenters. The zero-order valence-electron chi connectivity index (χ0n) is 13.7. The van der Waals surface area contributed by atoms with Gasteiger partial charge in [-0.05, 0) is 44.0 Å². The molecular weight excluding hydrogens is 286 g/mol. The summed E-state index contributed by atoms with van der Waals surface area (Å²) in [7, 11) is 0. The molecule has 1 aromatic carbocycles. The first kappa shape index (κ1) is 15.3. The van der Waals surface area contributed by atoms with E-state index in [0.717, 1.165) is 27.7 Å². The average Bonchev–Trinajstić information content (AvgIpc) is 2.89. The Bertz CT molecular complexity index is 834.